The minimum atomic E-state index is -0.385. The SMILES string of the molecule is CCCn1cnc2sc(C(=O)OCC)c(C)c2c1=O. The van der Waals surface area contributed by atoms with Crippen LogP contribution in [0.1, 0.15) is 35.5 Å². The van der Waals surface area contributed by atoms with Gasteiger partial charge in [-0.1, -0.05) is 6.92 Å². The summed E-state index contributed by atoms with van der Waals surface area (Å²) >= 11 is 1.21. The van der Waals surface area contributed by atoms with Crippen molar-refractivity contribution >= 4 is 27.5 Å². The van der Waals surface area contributed by atoms with E-state index in [1.165, 1.54) is 11.3 Å². The Hall–Kier alpha value is -1.69. The number of aryl methyl sites for hydroxylation is 2. The van der Waals surface area contributed by atoms with Crippen LogP contribution in [-0.4, -0.2) is 22.1 Å². The van der Waals surface area contributed by atoms with Crippen molar-refractivity contribution < 1.29 is 9.53 Å². The van der Waals surface area contributed by atoms with Gasteiger partial charge in [-0.2, -0.15) is 0 Å². The van der Waals surface area contributed by atoms with Crippen LogP contribution >= 0.6 is 11.3 Å². The summed E-state index contributed by atoms with van der Waals surface area (Å²) in [6.07, 6.45) is 2.40. The second kappa shape index (κ2) is 5.52. The molecule has 0 aliphatic heterocycles. The Morgan fingerprint density at radius 3 is 2.84 bits per heavy atom. The van der Waals surface area contributed by atoms with Gasteiger partial charge in [-0.25, -0.2) is 9.78 Å². The fourth-order valence-corrected chi connectivity index (χ4v) is 2.98. The lowest BCUT2D eigenvalue weighted by molar-refractivity contribution is 0.0531. The Balaban J connectivity index is 2.61. The number of aromatic nitrogens is 2. The molecule has 2 heterocycles. The number of hydrogen-bond donors (Lipinski definition) is 0. The number of hydrogen-bond acceptors (Lipinski definition) is 5. The van der Waals surface area contributed by atoms with Crippen LogP contribution < -0.4 is 5.56 Å². The lowest BCUT2D eigenvalue weighted by atomic mass is 10.2. The van der Waals surface area contributed by atoms with Gasteiger partial charge in [-0.3, -0.25) is 9.36 Å². The Morgan fingerprint density at radius 1 is 1.47 bits per heavy atom. The summed E-state index contributed by atoms with van der Waals surface area (Å²) in [6.45, 7) is 6.48. The summed E-state index contributed by atoms with van der Waals surface area (Å²) in [7, 11) is 0. The lowest BCUT2D eigenvalue weighted by Gasteiger charge is -2.02. The summed E-state index contributed by atoms with van der Waals surface area (Å²) < 4.78 is 6.57. The zero-order valence-electron chi connectivity index (χ0n) is 11.2. The average molecular weight is 280 g/mol. The van der Waals surface area contributed by atoms with Gasteiger partial charge in [0, 0.05) is 6.54 Å². The lowest BCUT2D eigenvalue weighted by Crippen LogP contribution is -2.20. The molecule has 2 aromatic heterocycles. The molecular weight excluding hydrogens is 264 g/mol. The topological polar surface area (TPSA) is 61.2 Å². The Morgan fingerprint density at radius 2 is 2.21 bits per heavy atom. The summed E-state index contributed by atoms with van der Waals surface area (Å²) in [5.74, 6) is -0.385. The van der Waals surface area contributed by atoms with Crippen LogP contribution in [0.2, 0.25) is 0 Å². The number of rotatable bonds is 4. The van der Waals surface area contributed by atoms with Crippen molar-refractivity contribution in [2.45, 2.75) is 33.7 Å². The van der Waals surface area contributed by atoms with E-state index in [0.29, 0.717) is 33.8 Å². The first-order chi connectivity index (χ1) is 9.10. The van der Waals surface area contributed by atoms with Gasteiger partial charge in [0.15, 0.2) is 0 Å². The standard InChI is InChI=1S/C13H16N2O3S/c1-4-6-15-7-14-11-9(12(15)16)8(3)10(19-11)13(17)18-5-2/h7H,4-6H2,1-3H3. The molecule has 0 aromatic carbocycles. The van der Waals surface area contributed by atoms with E-state index in [-0.39, 0.29) is 11.5 Å². The van der Waals surface area contributed by atoms with Crippen LogP contribution in [0.15, 0.2) is 11.1 Å². The van der Waals surface area contributed by atoms with E-state index >= 15 is 0 Å². The average Bonchev–Trinajstić information content (AvgIpc) is 2.71. The maximum Gasteiger partial charge on any atom is 0.348 e. The van der Waals surface area contributed by atoms with E-state index in [9.17, 15) is 9.59 Å². The Labute approximate surface area is 114 Å². The first-order valence-corrected chi connectivity index (χ1v) is 7.07. The molecule has 0 amide bonds. The van der Waals surface area contributed by atoms with E-state index < -0.39 is 0 Å². The van der Waals surface area contributed by atoms with Crippen LogP contribution in [-0.2, 0) is 11.3 Å². The van der Waals surface area contributed by atoms with Gasteiger partial charge in [-0.15, -0.1) is 11.3 Å². The molecule has 0 atom stereocenters. The van der Waals surface area contributed by atoms with Gasteiger partial charge in [0.1, 0.15) is 9.71 Å². The number of nitrogens with zero attached hydrogens (tertiary/aromatic N) is 2. The molecule has 19 heavy (non-hydrogen) atoms. The van der Waals surface area contributed by atoms with Gasteiger partial charge in [0.05, 0.1) is 18.3 Å². The predicted molar refractivity (Wildman–Crippen MR) is 74.9 cm³/mol. The van der Waals surface area contributed by atoms with Crippen LogP contribution in [0.5, 0.6) is 0 Å². The van der Waals surface area contributed by atoms with Gasteiger partial charge in [0.2, 0.25) is 0 Å². The van der Waals surface area contributed by atoms with Crippen molar-refractivity contribution in [2.24, 2.45) is 0 Å². The summed E-state index contributed by atoms with van der Waals surface area (Å²) in [5, 5.41) is 0.531. The Kier molecular flexibility index (Phi) is 3.99. The number of esters is 1. The molecule has 0 saturated heterocycles. The highest BCUT2D eigenvalue weighted by Gasteiger charge is 2.19. The van der Waals surface area contributed by atoms with Gasteiger partial charge < -0.3 is 4.74 Å². The van der Waals surface area contributed by atoms with E-state index in [1.807, 2.05) is 6.92 Å². The summed E-state index contributed by atoms with van der Waals surface area (Å²) in [5.41, 5.74) is 0.581. The number of thiophene rings is 1. The van der Waals surface area contributed by atoms with Gasteiger partial charge >= 0.3 is 5.97 Å². The number of carbonyl (C=O) groups is 1. The van der Waals surface area contributed by atoms with E-state index in [0.717, 1.165) is 6.42 Å². The molecule has 0 unspecified atom stereocenters. The zero-order valence-corrected chi connectivity index (χ0v) is 12.0. The largest absolute Gasteiger partial charge is 0.462 e. The number of carbonyl (C=O) groups excluding carboxylic acids is 1. The van der Waals surface area contributed by atoms with E-state index in [4.69, 9.17) is 4.74 Å². The molecule has 0 fully saturated rings. The smallest absolute Gasteiger partial charge is 0.348 e. The first-order valence-electron chi connectivity index (χ1n) is 6.25. The van der Waals surface area contributed by atoms with E-state index in [1.54, 1.807) is 24.7 Å². The minimum absolute atomic E-state index is 0.0869. The molecule has 2 rings (SSSR count). The predicted octanol–water partition coefficient (Wildman–Crippen LogP) is 2.35. The monoisotopic (exact) mass is 280 g/mol. The third kappa shape index (κ3) is 2.40. The highest BCUT2D eigenvalue weighted by molar-refractivity contribution is 7.20. The molecule has 0 spiro atoms. The third-order valence-corrected chi connectivity index (χ3v) is 4.02. The van der Waals surface area contributed by atoms with Crippen LogP contribution in [0.3, 0.4) is 0 Å². The molecule has 0 radical (unpaired) electrons. The van der Waals surface area contributed by atoms with Crippen molar-refractivity contribution in [3.63, 3.8) is 0 Å². The van der Waals surface area contributed by atoms with Crippen molar-refractivity contribution in [2.75, 3.05) is 6.61 Å². The van der Waals surface area contributed by atoms with Crippen LogP contribution in [0.25, 0.3) is 10.2 Å². The number of ether oxygens (including phenoxy) is 1. The quantitative estimate of drug-likeness (QED) is 0.807. The second-order valence-electron chi connectivity index (χ2n) is 4.20. The van der Waals surface area contributed by atoms with Crippen LogP contribution in [0, 0.1) is 6.92 Å². The third-order valence-electron chi connectivity index (χ3n) is 2.84. The first kappa shape index (κ1) is 13.7. The molecule has 0 N–H and O–H groups in total. The fourth-order valence-electron chi connectivity index (χ4n) is 1.95. The highest BCUT2D eigenvalue weighted by atomic mass is 32.1. The zero-order chi connectivity index (χ0) is 14.0. The molecule has 2 aromatic rings. The molecular formula is C13H16N2O3S. The van der Waals surface area contributed by atoms with E-state index in [2.05, 4.69) is 4.98 Å². The van der Waals surface area contributed by atoms with Gasteiger partial charge in [0.25, 0.3) is 5.56 Å². The molecule has 5 nitrogen and oxygen atoms in total. The molecule has 0 saturated carbocycles. The highest BCUT2D eigenvalue weighted by Crippen LogP contribution is 2.27. The fraction of sp³-hybridized carbons (Fsp3) is 0.462. The Bertz CT molecular complexity index is 672. The molecule has 6 heteroatoms. The minimum Gasteiger partial charge on any atom is -0.462 e. The molecule has 0 aliphatic carbocycles. The summed E-state index contributed by atoms with van der Waals surface area (Å²) in [6, 6.07) is 0. The van der Waals surface area contributed by atoms with Crippen LogP contribution in [0.4, 0.5) is 0 Å². The maximum absolute atomic E-state index is 12.3. The normalized spacial score (nSPS) is 10.9. The van der Waals surface area contributed by atoms with Crippen molar-refractivity contribution in [1.82, 2.24) is 9.55 Å². The van der Waals surface area contributed by atoms with Crippen molar-refractivity contribution in [3.05, 3.63) is 27.1 Å². The number of fused-ring (bicyclic) bond motifs is 1. The summed E-state index contributed by atoms with van der Waals surface area (Å²) in [4.78, 5) is 29.4. The van der Waals surface area contributed by atoms with Gasteiger partial charge in [-0.05, 0) is 25.8 Å². The van der Waals surface area contributed by atoms with Crippen molar-refractivity contribution in [3.8, 4) is 0 Å². The van der Waals surface area contributed by atoms with Crippen molar-refractivity contribution in [1.29, 1.82) is 0 Å². The second-order valence-corrected chi connectivity index (χ2v) is 5.20. The molecule has 102 valence electrons. The maximum atomic E-state index is 12.3. The molecule has 0 bridgehead atoms. The molecule has 0 aliphatic rings.